The molecule has 0 unspecified atom stereocenters. The second kappa shape index (κ2) is 6.57. The molecule has 0 amide bonds. The summed E-state index contributed by atoms with van der Waals surface area (Å²) in [6.07, 6.45) is 2.90. The predicted octanol–water partition coefficient (Wildman–Crippen LogP) is 3.70. The van der Waals surface area contributed by atoms with Crippen molar-refractivity contribution in [2.45, 2.75) is 6.42 Å². The normalized spacial score (nSPS) is 13.2. The molecule has 0 N–H and O–H groups in total. The van der Waals surface area contributed by atoms with Gasteiger partial charge in [0.05, 0.1) is 26.4 Å². The Labute approximate surface area is 135 Å². The summed E-state index contributed by atoms with van der Waals surface area (Å²) in [6.45, 7) is 0.600. The highest BCUT2D eigenvalue weighted by atomic mass is 16.5. The summed E-state index contributed by atoms with van der Waals surface area (Å²) < 4.78 is 16.1. The van der Waals surface area contributed by atoms with E-state index in [1.165, 1.54) is 7.11 Å². The fourth-order valence-corrected chi connectivity index (χ4v) is 2.72. The lowest BCUT2D eigenvalue weighted by atomic mass is 9.94. The first-order valence-electron chi connectivity index (χ1n) is 7.43. The van der Waals surface area contributed by atoms with Gasteiger partial charge >= 0.3 is 5.97 Å². The first kappa shape index (κ1) is 15.2. The van der Waals surface area contributed by atoms with Crippen molar-refractivity contribution in [3.63, 3.8) is 0 Å². The number of rotatable bonds is 3. The quantitative estimate of drug-likeness (QED) is 0.811. The van der Waals surface area contributed by atoms with Gasteiger partial charge in [0.1, 0.15) is 11.5 Å². The van der Waals surface area contributed by atoms with Gasteiger partial charge in [-0.3, -0.25) is 0 Å². The van der Waals surface area contributed by atoms with Crippen molar-refractivity contribution >= 4 is 11.5 Å². The van der Waals surface area contributed by atoms with Crippen molar-refractivity contribution in [2.75, 3.05) is 20.8 Å². The number of fused-ring (bicyclic) bond motifs is 1. The molecular weight excluding hydrogens is 292 g/mol. The van der Waals surface area contributed by atoms with E-state index in [0.717, 1.165) is 34.6 Å². The molecule has 0 aromatic heterocycles. The number of ether oxygens (including phenoxy) is 3. The Morgan fingerprint density at radius 1 is 1.09 bits per heavy atom. The SMILES string of the molecule is COC(=O)c1ccc2c(c1)C(c1ccccc1OC)=CCCO2. The molecule has 1 heterocycles. The Hall–Kier alpha value is -2.75. The van der Waals surface area contributed by atoms with Gasteiger partial charge in [-0.05, 0) is 29.8 Å². The van der Waals surface area contributed by atoms with E-state index < -0.39 is 0 Å². The third-order valence-corrected chi connectivity index (χ3v) is 3.81. The van der Waals surface area contributed by atoms with Crippen LogP contribution in [0.1, 0.15) is 27.9 Å². The zero-order valence-corrected chi connectivity index (χ0v) is 13.2. The van der Waals surface area contributed by atoms with Crippen LogP contribution in [0.3, 0.4) is 0 Å². The molecule has 0 saturated carbocycles. The Kier molecular flexibility index (Phi) is 4.33. The van der Waals surface area contributed by atoms with Crippen LogP contribution in [0.5, 0.6) is 11.5 Å². The second-order valence-electron chi connectivity index (χ2n) is 5.16. The zero-order chi connectivity index (χ0) is 16.2. The van der Waals surface area contributed by atoms with Crippen molar-refractivity contribution in [1.29, 1.82) is 0 Å². The van der Waals surface area contributed by atoms with Crippen molar-refractivity contribution < 1.29 is 19.0 Å². The van der Waals surface area contributed by atoms with Gasteiger partial charge in [0.25, 0.3) is 0 Å². The average molecular weight is 310 g/mol. The van der Waals surface area contributed by atoms with Gasteiger partial charge < -0.3 is 14.2 Å². The molecule has 1 aliphatic rings. The number of methoxy groups -OCH3 is 2. The zero-order valence-electron chi connectivity index (χ0n) is 13.2. The molecular formula is C19H18O4. The maximum atomic E-state index is 11.8. The number of para-hydroxylation sites is 1. The third-order valence-electron chi connectivity index (χ3n) is 3.81. The lowest BCUT2D eigenvalue weighted by molar-refractivity contribution is 0.0600. The van der Waals surface area contributed by atoms with E-state index in [0.29, 0.717) is 12.2 Å². The molecule has 23 heavy (non-hydrogen) atoms. The van der Waals surface area contributed by atoms with Crippen molar-refractivity contribution in [3.05, 3.63) is 65.2 Å². The highest BCUT2D eigenvalue weighted by Crippen LogP contribution is 2.38. The van der Waals surface area contributed by atoms with Crippen LogP contribution < -0.4 is 9.47 Å². The topological polar surface area (TPSA) is 44.8 Å². The summed E-state index contributed by atoms with van der Waals surface area (Å²) in [7, 11) is 3.03. The van der Waals surface area contributed by atoms with E-state index in [-0.39, 0.29) is 5.97 Å². The van der Waals surface area contributed by atoms with Gasteiger partial charge in [-0.2, -0.15) is 0 Å². The van der Waals surface area contributed by atoms with Crippen molar-refractivity contribution in [2.24, 2.45) is 0 Å². The van der Waals surface area contributed by atoms with E-state index >= 15 is 0 Å². The number of hydrogen-bond acceptors (Lipinski definition) is 4. The lowest BCUT2D eigenvalue weighted by Gasteiger charge is -2.15. The highest BCUT2D eigenvalue weighted by molar-refractivity contribution is 5.93. The predicted molar refractivity (Wildman–Crippen MR) is 88.0 cm³/mol. The molecule has 1 aliphatic heterocycles. The fraction of sp³-hybridized carbons (Fsp3) is 0.211. The Bertz CT molecular complexity index is 762. The Morgan fingerprint density at radius 2 is 1.91 bits per heavy atom. The molecule has 3 rings (SSSR count). The largest absolute Gasteiger partial charge is 0.496 e. The first-order chi connectivity index (χ1) is 11.2. The summed E-state index contributed by atoms with van der Waals surface area (Å²) >= 11 is 0. The van der Waals surface area contributed by atoms with E-state index in [1.807, 2.05) is 36.4 Å². The Morgan fingerprint density at radius 3 is 2.70 bits per heavy atom. The van der Waals surface area contributed by atoms with Crippen LogP contribution in [0.25, 0.3) is 5.57 Å². The van der Waals surface area contributed by atoms with E-state index in [4.69, 9.17) is 14.2 Å². The Balaban J connectivity index is 2.16. The van der Waals surface area contributed by atoms with Gasteiger partial charge in [0.2, 0.25) is 0 Å². The number of carbonyl (C=O) groups is 1. The van der Waals surface area contributed by atoms with Gasteiger partial charge in [-0.15, -0.1) is 0 Å². The van der Waals surface area contributed by atoms with E-state index in [1.54, 1.807) is 13.2 Å². The molecule has 0 bridgehead atoms. The average Bonchev–Trinajstić information content (AvgIpc) is 2.82. The number of benzene rings is 2. The standard InChI is InChI=1S/C19H18O4/c1-21-17-8-4-3-6-15(17)14-7-5-11-23-18-10-9-13(12-16(14)18)19(20)22-2/h3-4,6-10,12H,5,11H2,1-2H3. The number of hydrogen-bond donors (Lipinski definition) is 0. The molecule has 4 heteroatoms. The van der Waals surface area contributed by atoms with Gasteiger partial charge in [0, 0.05) is 17.5 Å². The first-order valence-corrected chi connectivity index (χ1v) is 7.43. The molecule has 0 atom stereocenters. The smallest absolute Gasteiger partial charge is 0.337 e. The molecule has 0 aliphatic carbocycles. The minimum atomic E-state index is -0.364. The minimum Gasteiger partial charge on any atom is -0.496 e. The summed E-state index contributed by atoms with van der Waals surface area (Å²) in [5, 5.41) is 0. The van der Waals surface area contributed by atoms with Gasteiger partial charge in [-0.25, -0.2) is 4.79 Å². The number of carbonyl (C=O) groups excluding carboxylic acids is 1. The minimum absolute atomic E-state index is 0.364. The van der Waals surface area contributed by atoms with E-state index in [2.05, 4.69) is 6.08 Å². The van der Waals surface area contributed by atoms with Crippen molar-refractivity contribution in [1.82, 2.24) is 0 Å². The van der Waals surface area contributed by atoms with Crippen LogP contribution in [0.15, 0.2) is 48.5 Å². The molecule has 118 valence electrons. The summed E-state index contributed by atoms with van der Waals surface area (Å²) in [6, 6.07) is 13.2. The van der Waals surface area contributed by atoms with Crippen LogP contribution in [-0.2, 0) is 4.74 Å². The van der Waals surface area contributed by atoms with Crippen LogP contribution in [0.4, 0.5) is 0 Å². The molecule has 2 aromatic rings. The monoisotopic (exact) mass is 310 g/mol. The molecule has 2 aromatic carbocycles. The van der Waals surface area contributed by atoms with Crippen LogP contribution in [0, 0.1) is 0 Å². The lowest BCUT2D eigenvalue weighted by Crippen LogP contribution is -2.03. The van der Waals surface area contributed by atoms with Crippen LogP contribution >= 0.6 is 0 Å². The third kappa shape index (κ3) is 2.93. The molecule has 0 spiro atoms. The maximum Gasteiger partial charge on any atom is 0.337 e. The van der Waals surface area contributed by atoms with Crippen molar-refractivity contribution in [3.8, 4) is 11.5 Å². The highest BCUT2D eigenvalue weighted by Gasteiger charge is 2.19. The maximum absolute atomic E-state index is 11.8. The van der Waals surface area contributed by atoms with E-state index in [9.17, 15) is 4.79 Å². The van der Waals surface area contributed by atoms with Crippen LogP contribution in [-0.4, -0.2) is 26.8 Å². The summed E-state index contributed by atoms with van der Waals surface area (Å²) in [5.74, 6) is 1.18. The summed E-state index contributed by atoms with van der Waals surface area (Å²) in [5.41, 5.74) is 3.34. The molecule has 4 nitrogen and oxygen atoms in total. The second-order valence-corrected chi connectivity index (χ2v) is 5.16. The number of esters is 1. The molecule has 0 radical (unpaired) electrons. The summed E-state index contributed by atoms with van der Waals surface area (Å²) in [4.78, 5) is 11.8. The molecule has 0 fully saturated rings. The molecule has 0 saturated heterocycles. The van der Waals surface area contributed by atoms with Gasteiger partial charge in [0.15, 0.2) is 0 Å². The van der Waals surface area contributed by atoms with Gasteiger partial charge in [-0.1, -0.05) is 24.3 Å². The van der Waals surface area contributed by atoms with Crippen LogP contribution in [0.2, 0.25) is 0 Å². The fourth-order valence-electron chi connectivity index (χ4n) is 2.72.